The molecule has 0 spiro atoms. The lowest BCUT2D eigenvalue weighted by atomic mass is 10.2. The van der Waals surface area contributed by atoms with Gasteiger partial charge in [-0.2, -0.15) is 0 Å². The Labute approximate surface area is 125 Å². The normalized spacial score (nSPS) is 20.4. The zero-order valence-corrected chi connectivity index (χ0v) is 12.0. The number of benzene rings is 2. The largest absolute Gasteiger partial charge is 0.374 e. The van der Waals surface area contributed by atoms with Gasteiger partial charge in [0.05, 0.1) is 26.4 Å². The third-order valence-electron chi connectivity index (χ3n) is 3.47. The molecule has 1 fully saturated rings. The molecular weight excluding hydrogens is 264 g/mol. The summed E-state index contributed by atoms with van der Waals surface area (Å²) in [7, 11) is 0. The van der Waals surface area contributed by atoms with Crippen LogP contribution in [0.4, 0.5) is 0 Å². The summed E-state index contributed by atoms with van der Waals surface area (Å²) in [6.45, 7) is 2.54. The second kappa shape index (κ2) is 7.36. The van der Waals surface area contributed by atoms with Crippen molar-refractivity contribution in [2.45, 2.75) is 25.4 Å². The van der Waals surface area contributed by atoms with Gasteiger partial charge < -0.3 is 14.2 Å². The first-order valence-corrected chi connectivity index (χ1v) is 7.30. The molecule has 21 heavy (non-hydrogen) atoms. The monoisotopic (exact) mass is 284 g/mol. The molecule has 0 N–H and O–H groups in total. The molecule has 0 amide bonds. The van der Waals surface area contributed by atoms with E-state index in [2.05, 4.69) is 24.3 Å². The minimum absolute atomic E-state index is 0.185. The molecule has 110 valence electrons. The van der Waals surface area contributed by atoms with E-state index in [4.69, 9.17) is 14.2 Å². The van der Waals surface area contributed by atoms with E-state index in [1.165, 1.54) is 11.1 Å². The molecule has 0 bridgehead atoms. The van der Waals surface area contributed by atoms with Crippen LogP contribution in [0.5, 0.6) is 0 Å². The van der Waals surface area contributed by atoms with E-state index in [0.717, 1.165) is 0 Å². The lowest BCUT2D eigenvalue weighted by Crippen LogP contribution is -2.09. The molecule has 1 heterocycles. The van der Waals surface area contributed by atoms with Crippen LogP contribution in [-0.4, -0.2) is 25.4 Å². The van der Waals surface area contributed by atoms with Crippen molar-refractivity contribution in [2.75, 3.05) is 13.2 Å². The fourth-order valence-corrected chi connectivity index (χ4v) is 2.21. The van der Waals surface area contributed by atoms with E-state index >= 15 is 0 Å². The molecule has 0 aromatic heterocycles. The third kappa shape index (κ3) is 4.67. The summed E-state index contributed by atoms with van der Waals surface area (Å²) in [5, 5.41) is 0. The Kier molecular flexibility index (Phi) is 5.00. The predicted octanol–water partition coefficient (Wildman–Crippen LogP) is 3.19. The van der Waals surface area contributed by atoms with Gasteiger partial charge in [-0.25, -0.2) is 0 Å². The second-order valence-corrected chi connectivity index (χ2v) is 5.21. The maximum atomic E-state index is 5.66. The highest BCUT2D eigenvalue weighted by Gasteiger charge is 2.38. The van der Waals surface area contributed by atoms with Gasteiger partial charge in [-0.15, -0.1) is 0 Å². The van der Waals surface area contributed by atoms with Crippen LogP contribution in [0.1, 0.15) is 11.1 Å². The Morgan fingerprint density at radius 1 is 0.667 bits per heavy atom. The lowest BCUT2D eigenvalue weighted by Gasteiger charge is -2.03. The summed E-state index contributed by atoms with van der Waals surface area (Å²) >= 11 is 0. The first-order valence-electron chi connectivity index (χ1n) is 7.30. The SMILES string of the molecule is c1ccc(COCC2O[C@H]2COCc2ccccc2)cc1. The van der Waals surface area contributed by atoms with E-state index < -0.39 is 0 Å². The van der Waals surface area contributed by atoms with Crippen molar-refractivity contribution in [3.8, 4) is 0 Å². The third-order valence-corrected chi connectivity index (χ3v) is 3.47. The van der Waals surface area contributed by atoms with Crippen LogP contribution in [0.2, 0.25) is 0 Å². The Morgan fingerprint density at radius 3 is 1.52 bits per heavy atom. The topological polar surface area (TPSA) is 31.0 Å². The van der Waals surface area contributed by atoms with Gasteiger partial charge in [-0.3, -0.25) is 0 Å². The summed E-state index contributed by atoms with van der Waals surface area (Å²) in [4.78, 5) is 0. The van der Waals surface area contributed by atoms with Crippen molar-refractivity contribution in [2.24, 2.45) is 0 Å². The Bertz CT molecular complexity index is 477. The van der Waals surface area contributed by atoms with Crippen LogP contribution in [0.15, 0.2) is 60.7 Å². The van der Waals surface area contributed by atoms with Gasteiger partial charge in [0.25, 0.3) is 0 Å². The van der Waals surface area contributed by atoms with Gasteiger partial charge in [-0.1, -0.05) is 60.7 Å². The van der Waals surface area contributed by atoms with Crippen LogP contribution < -0.4 is 0 Å². The van der Waals surface area contributed by atoms with Crippen molar-refractivity contribution in [1.82, 2.24) is 0 Å². The zero-order valence-electron chi connectivity index (χ0n) is 12.0. The minimum Gasteiger partial charge on any atom is -0.374 e. The lowest BCUT2D eigenvalue weighted by molar-refractivity contribution is 0.103. The molecule has 3 heteroatoms. The number of epoxide rings is 1. The summed E-state index contributed by atoms with van der Waals surface area (Å²) in [6, 6.07) is 20.4. The van der Waals surface area contributed by atoms with Crippen LogP contribution in [-0.2, 0) is 27.4 Å². The molecule has 2 atom stereocenters. The summed E-state index contributed by atoms with van der Waals surface area (Å²) in [5.74, 6) is 0. The smallest absolute Gasteiger partial charge is 0.110 e. The van der Waals surface area contributed by atoms with Crippen molar-refractivity contribution in [3.05, 3.63) is 71.8 Å². The van der Waals surface area contributed by atoms with Crippen LogP contribution in [0, 0.1) is 0 Å². The highest BCUT2D eigenvalue weighted by Crippen LogP contribution is 2.23. The molecule has 3 nitrogen and oxygen atoms in total. The quantitative estimate of drug-likeness (QED) is 0.698. The average Bonchev–Trinajstić information content (AvgIpc) is 3.28. The Morgan fingerprint density at radius 2 is 1.10 bits per heavy atom. The molecule has 0 radical (unpaired) electrons. The van der Waals surface area contributed by atoms with Crippen molar-refractivity contribution >= 4 is 0 Å². The van der Waals surface area contributed by atoms with E-state index in [1.807, 2.05) is 36.4 Å². The molecule has 3 rings (SSSR count). The molecular formula is C18H20O3. The van der Waals surface area contributed by atoms with Crippen LogP contribution in [0.25, 0.3) is 0 Å². The van der Waals surface area contributed by atoms with Gasteiger partial charge >= 0.3 is 0 Å². The number of rotatable bonds is 8. The van der Waals surface area contributed by atoms with Crippen molar-refractivity contribution in [3.63, 3.8) is 0 Å². The Hall–Kier alpha value is -1.68. The van der Waals surface area contributed by atoms with Crippen LogP contribution >= 0.6 is 0 Å². The standard InChI is InChI=1S/C18H20O3/c1-3-7-15(8-4-1)11-19-13-17-18(21-17)14-20-12-16-9-5-2-6-10-16/h1-10,17-18H,11-14H2/t17-,18?/m0/s1. The number of ether oxygens (including phenoxy) is 3. The van der Waals surface area contributed by atoms with E-state index in [1.54, 1.807) is 0 Å². The second-order valence-electron chi connectivity index (χ2n) is 5.21. The van der Waals surface area contributed by atoms with Gasteiger partial charge in [-0.05, 0) is 11.1 Å². The molecule has 2 aromatic carbocycles. The fraction of sp³-hybridized carbons (Fsp3) is 0.333. The van der Waals surface area contributed by atoms with Crippen LogP contribution in [0.3, 0.4) is 0 Å². The first kappa shape index (κ1) is 14.3. The highest BCUT2D eigenvalue weighted by molar-refractivity contribution is 5.14. The van der Waals surface area contributed by atoms with E-state index in [9.17, 15) is 0 Å². The molecule has 0 saturated carbocycles. The van der Waals surface area contributed by atoms with Gasteiger partial charge in [0.1, 0.15) is 12.2 Å². The summed E-state index contributed by atoms with van der Waals surface area (Å²) in [6.07, 6.45) is 0.369. The van der Waals surface area contributed by atoms with E-state index in [0.29, 0.717) is 26.4 Å². The molecule has 1 unspecified atom stereocenters. The maximum absolute atomic E-state index is 5.66. The summed E-state index contributed by atoms with van der Waals surface area (Å²) < 4.78 is 16.9. The van der Waals surface area contributed by atoms with Crippen molar-refractivity contribution < 1.29 is 14.2 Å². The summed E-state index contributed by atoms with van der Waals surface area (Å²) in [5.41, 5.74) is 2.38. The van der Waals surface area contributed by atoms with Crippen molar-refractivity contribution in [1.29, 1.82) is 0 Å². The van der Waals surface area contributed by atoms with Gasteiger partial charge in [0.15, 0.2) is 0 Å². The molecule has 2 aromatic rings. The van der Waals surface area contributed by atoms with Gasteiger partial charge in [0, 0.05) is 0 Å². The fourth-order valence-electron chi connectivity index (χ4n) is 2.21. The maximum Gasteiger partial charge on any atom is 0.110 e. The molecule has 1 aliphatic heterocycles. The highest BCUT2D eigenvalue weighted by atomic mass is 16.6. The molecule has 0 aliphatic carbocycles. The number of hydrogen-bond acceptors (Lipinski definition) is 3. The molecule has 1 aliphatic rings. The van der Waals surface area contributed by atoms with E-state index in [-0.39, 0.29) is 12.2 Å². The average molecular weight is 284 g/mol. The minimum atomic E-state index is 0.185. The predicted molar refractivity (Wildman–Crippen MR) is 80.9 cm³/mol. The zero-order chi connectivity index (χ0) is 14.3. The molecule has 1 saturated heterocycles. The first-order chi connectivity index (χ1) is 10.4. The number of hydrogen-bond donors (Lipinski definition) is 0. The Balaban J connectivity index is 1.27. The van der Waals surface area contributed by atoms with Gasteiger partial charge in [0.2, 0.25) is 0 Å².